The van der Waals surface area contributed by atoms with Crippen molar-refractivity contribution in [2.24, 2.45) is 0 Å². The second kappa shape index (κ2) is 6.75. The maximum atomic E-state index is 10.4. The number of carbonyl (C=O) groups excluding carboxylic acids is 1. The predicted octanol–water partition coefficient (Wildman–Crippen LogP) is 1.93. The van der Waals surface area contributed by atoms with E-state index in [1.807, 2.05) is 0 Å². The van der Waals surface area contributed by atoms with Crippen LogP contribution in [0.1, 0.15) is 6.92 Å². The van der Waals surface area contributed by atoms with Crippen molar-refractivity contribution in [3.8, 4) is 5.75 Å². The maximum absolute atomic E-state index is 10.4. The van der Waals surface area contributed by atoms with Gasteiger partial charge in [0.1, 0.15) is 0 Å². The molecule has 3 nitrogen and oxygen atoms in total. The molecular formula is C8H8CaCl2O3. The van der Waals surface area contributed by atoms with Crippen LogP contribution in [0.3, 0.4) is 0 Å². The quantitative estimate of drug-likeness (QED) is 0.464. The van der Waals surface area contributed by atoms with Crippen LogP contribution in [0.25, 0.3) is 0 Å². The van der Waals surface area contributed by atoms with Gasteiger partial charge in [0.25, 0.3) is 0 Å². The molecule has 0 aliphatic carbocycles. The second-order valence-electron chi connectivity index (χ2n) is 2.23. The van der Waals surface area contributed by atoms with Crippen LogP contribution in [-0.4, -0.2) is 43.7 Å². The van der Waals surface area contributed by atoms with E-state index in [4.69, 9.17) is 23.2 Å². The Balaban J connectivity index is 0.00000169. The number of benzene rings is 1. The summed E-state index contributed by atoms with van der Waals surface area (Å²) in [7, 11) is 0. The van der Waals surface area contributed by atoms with Crippen molar-refractivity contribution in [1.82, 2.24) is 0 Å². The number of halogens is 2. The zero-order valence-electron chi connectivity index (χ0n) is 6.71. The predicted molar refractivity (Wildman–Crippen MR) is 57.4 cm³/mol. The SMILES string of the molecule is CC(=O)OOc1ccc(Cl)cc1Cl.[CaH2]. The van der Waals surface area contributed by atoms with Gasteiger partial charge >= 0.3 is 43.7 Å². The van der Waals surface area contributed by atoms with Gasteiger partial charge in [0, 0.05) is 11.9 Å². The molecule has 0 bridgehead atoms. The molecule has 0 heterocycles. The first-order valence-corrected chi connectivity index (χ1v) is 4.15. The Morgan fingerprint density at radius 3 is 2.50 bits per heavy atom. The third-order valence-electron chi connectivity index (χ3n) is 1.14. The molecule has 0 atom stereocenters. The standard InChI is InChI=1S/C8H6Cl2O3.Ca.2H/c1-5(11)12-13-8-3-2-6(9)4-7(8)10;;;/h2-4H,1H3;;;. The number of rotatable bonds is 2. The van der Waals surface area contributed by atoms with Crippen molar-refractivity contribution in [1.29, 1.82) is 0 Å². The zero-order chi connectivity index (χ0) is 9.84. The molecule has 14 heavy (non-hydrogen) atoms. The first-order valence-electron chi connectivity index (χ1n) is 3.40. The van der Waals surface area contributed by atoms with Gasteiger partial charge in [-0.2, -0.15) is 0 Å². The summed E-state index contributed by atoms with van der Waals surface area (Å²) in [5.41, 5.74) is 0. The van der Waals surface area contributed by atoms with Crippen LogP contribution in [0.4, 0.5) is 0 Å². The van der Waals surface area contributed by atoms with Crippen molar-refractivity contribution < 1.29 is 14.6 Å². The molecule has 0 saturated heterocycles. The van der Waals surface area contributed by atoms with Gasteiger partial charge in [-0.05, 0) is 18.2 Å². The van der Waals surface area contributed by atoms with Crippen LogP contribution in [0.5, 0.6) is 5.75 Å². The van der Waals surface area contributed by atoms with Gasteiger partial charge in [0.05, 0.1) is 5.02 Å². The number of carbonyl (C=O) groups is 1. The summed E-state index contributed by atoms with van der Waals surface area (Å²) in [5, 5.41) is 0.772. The van der Waals surface area contributed by atoms with E-state index >= 15 is 0 Å². The van der Waals surface area contributed by atoms with E-state index in [1.165, 1.54) is 19.1 Å². The van der Waals surface area contributed by atoms with Crippen molar-refractivity contribution in [3.05, 3.63) is 28.2 Å². The second-order valence-corrected chi connectivity index (χ2v) is 3.08. The van der Waals surface area contributed by atoms with Gasteiger partial charge in [-0.25, -0.2) is 4.79 Å². The Morgan fingerprint density at radius 1 is 1.36 bits per heavy atom. The summed E-state index contributed by atoms with van der Waals surface area (Å²) < 4.78 is 0. The molecule has 0 N–H and O–H groups in total. The minimum atomic E-state index is -0.550. The molecule has 74 valence electrons. The van der Waals surface area contributed by atoms with E-state index in [2.05, 4.69) is 9.78 Å². The van der Waals surface area contributed by atoms with Crippen molar-refractivity contribution in [3.63, 3.8) is 0 Å². The average molecular weight is 263 g/mol. The number of hydrogen-bond donors (Lipinski definition) is 0. The summed E-state index contributed by atoms with van der Waals surface area (Å²) >= 11 is 11.3. The molecule has 0 aromatic heterocycles. The molecule has 0 saturated carbocycles. The first kappa shape index (κ1) is 14.3. The van der Waals surface area contributed by atoms with Gasteiger partial charge in [-0.1, -0.05) is 23.2 Å². The molecule has 0 aliphatic rings. The van der Waals surface area contributed by atoms with E-state index in [-0.39, 0.29) is 48.5 Å². The van der Waals surface area contributed by atoms with Gasteiger partial charge in [0.15, 0.2) is 5.75 Å². The molecular weight excluding hydrogens is 255 g/mol. The average Bonchev–Trinajstić information content (AvgIpc) is 2.02. The molecule has 1 aromatic rings. The third-order valence-corrected chi connectivity index (χ3v) is 1.67. The van der Waals surface area contributed by atoms with Crippen LogP contribution < -0.4 is 4.89 Å². The monoisotopic (exact) mass is 262 g/mol. The van der Waals surface area contributed by atoms with E-state index in [1.54, 1.807) is 6.07 Å². The number of hydrogen-bond acceptors (Lipinski definition) is 3. The van der Waals surface area contributed by atoms with E-state index < -0.39 is 5.97 Å². The Bertz CT molecular complexity index is 330. The summed E-state index contributed by atoms with van der Waals surface area (Å²) in [6, 6.07) is 4.57. The summed E-state index contributed by atoms with van der Waals surface area (Å²) in [5.74, 6) is -0.299. The Morgan fingerprint density at radius 2 is 2.00 bits per heavy atom. The summed E-state index contributed by atoms with van der Waals surface area (Å²) in [6.07, 6.45) is 0. The van der Waals surface area contributed by atoms with Gasteiger partial charge in [-0.15, -0.1) is 0 Å². The van der Waals surface area contributed by atoms with Crippen LogP contribution in [0, 0.1) is 0 Å². The summed E-state index contributed by atoms with van der Waals surface area (Å²) in [6.45, 7) is 1.23. The molecule has 0 fully saturated rings. The molecule has 0 aliphatic heterocycles. The Kier molecular flexibility index (Phi) is 6.91. The summed E-state index contributed by atoms with van der Waals surface area (Å²) in [4.78, 5) is 19.3. The molecule has 0 amide bonds. The molecule has 0 radical (unpaired) electrons. The Labute approximate surface area is 121 Å². The first-order chi connectivity index (χ1) is 6.09. The van der Waals surface area contributed by atoms with Crippen molar-refractivity contribution in [2.45, 2.75) is 6.92 Å². The third kappa shape index (κ3) is 4.71. The van der Waals surface area contributed by atoms with Crippen LogP contribution >= 0.6 is 23.2 Å². The van der Waals surface area contributed by atoms with E-state index in [0.717, 1.165) is 0 Å². The van der Waals surface area contributed by atoms with E-state index in [0.29, 0.717) is 5.02 Å². The Hall–Kier alpha value is 0.330. The fraction of sp³-hybridized carbons (Fsp3) is 0.125. The van der Waals surface area contributed by atoms with Crippen molar-refractivity contribution >= 4 is 66.9 Å². The minimum absolute atomic E-state index is 0. The van der Waals surface area contributed by atoms with Crippen LogP contribution in [-0.2, 0) is 9.68 Å². The zero-order valence-corrected chi connectivity index (χ0v) is 8.22. The van der Waals surface area contributed by atoms with E-state index in [9.17, 15) is 4.79 Å². The van der Waals surface area contributed by atoms with Crippen LogP contribution in [0.2, 0.25) is 10.0 Å². The fourth-order valence-electron chi connectivity index (χ4n) is 0.646. The molecule has 1 rings (SSSR count). The fourth-order valence-corrected chi connectivity index (χ4v) is 1.09. The topological polar surface area (TPSA) is 35.5 Å². The van der Waals surface area contributed by atoms with Crippen molar-refractivity contribution in [2.75, 3.05) is 0 Å². The molecule has 1 aromatic carbocycles. The molecule has 0 spiro atoms. The normalized spacial score (nSPS) is 8.79. The molecule has 0 unspecified atom stereocenters. The van der Waals surface area contributed by atoms with Gasteiger partial charge in [0.2, 0.25) is 0 Å². The molecule has 6 heteroatoms. The van der Waals surface area contributed by atoms with Gasteiger partial charge in [-0.3, -0.25) is 9.78 Å². The van der Waals surface area contributed by atoms with Crippen LogP contribution in [0.15, 0.2) is 18.2 Å². The van der Waals surface area contributed by atoms with Gasteiger partial charge < -0.3 is 0 Å².